The molecule has 0 saturated carbocycles. The first-order valence-electron chi connectivity index (χ1n) is 5.41. The van der Waals surface area contributed by atoms with Gasteiger partial charge in [-0.15, -0.1) is 0 Å². The summed E-state index contributed by atoms with van der Waals surface area (Å²) < 4.78 is 0. The first-order valence-corrected chi connectivity index (χ1v) is 5.41. The molecule has 19 heavy (non-hydrogen) atoms. The molecule has 0 aliphatic rings. The number of aliphatic carboxylic acids is 1. The highest BCUT2D eigenvalue weighted by Crippen LogP contribution is 1.99. The Morgan fingerprint density at radius 1 is 1.42 bits per heavy atom. The van der Waals surface area contributed by atoms with Crippen molar-refractivity contribution in [2.75, 3.05) is 0 Å². The molecule has 0 fully saturated rings. The molecule has 1 heterocycles. The van der Waals surface area contributed by atoms with Crippen LogP contribution >= 0.6 is 0 Å². The topological polar surface area (TPSA) is 142 Å². The summed E-state index contributed by atoms with van der Waals surface area (Å²) in [5.74, 6) is -2.79. The summed E-state index contributed by atoms with van der Waals surface area (Å²) in [5.41, 5.74) is 4.08. The Balaban J connectivity index is 2.77. The van der Waals surface area contributed by atoms with E-state index >= 15 is 0 Å². The van der Waals surface area contributed by atoms with Crippen LogP contribution in [0.5, 0.6) is 0 Å². The van der Waals surface area contributed by atoms with Crippen LogP contribution in [0.3, 0.4) is 0 Å². The van der Waals surface area contributed by atoms with Crippen molar-refractivity contribution in [1.29, 1.82) is 0 Å². The fraction of sp³-hybridized carbons (Fsp3) is 0.273. The van der Waals surface area contributed by atoms with E-state index in [0.717, 1.165) is 0 Å². The molecule has 8 heteroatoms. The first kappa shape index (κ1) is 14.4. The number of carbonyl (C=O) groups is 3. The molecule has 1 atom stereocenters. The zero-order valence-electron chi connectivity index (χ0n) is 9.88. The Hall–Kier alpha value is -2.64. The van der Waals surface area contributed by atoms with Gasteiger partial charge in [0.05, 0.1) is 0 Å². The van der Waals surface area contributed by atoms with E-state index in [9.17, 15) is 19.2 Å². The second-order valence-electron chi connectivity index (χ2n) is 3.78. The van der Waals surface area contributed by atoms with Crippen molar-refractivity contribution in [3.05, 3.63) is 34.2 Å². The van der Waals surface area contributed by atoms with Gasteiger partial charge < -0.3 is 21.1 Å². The fourth-order valence-corrected chi connectivity index (χ4v) is 1.38. The number of carboxylic acids is 1. The van der Waals surface area contributed by atoms with E-state index in [1.54, 1.807) is 0 Å². The molecule has 1 aromatic rings. The largest absolute Gasteiger partial charge is 0.480 e. The van der Waals surface area contributed by atoms with E-state index < -0.39 is 29.4 Å². The van der Waals surface area contributed by atoms with Crippen LogP contribution in [0, 0.1) is 0 Å². The second kappa shape index (κ2) is 6.34. The van der Waals surface area contributed by atoms with Crippen molar-refractivity contribution in [3.63, 3.8) is 0 Å². The Labute approximate surface area is 107 Å². The van der Waals surface area contributed by atoms with E-state index in [0.29, 0.717) is 0 Å². The Bertz CT molecular complexity index is 551. The molecule has 0 radical (unpaired) electrons. The molecular formula is C11H13N3O5. The number of amides is 2. The Morgan fingerprint density at radius 3 is 2.63 bits per heavy atom. The highest BCUT2D eigenvalue weighted by Gasteiger charge is 2.22. The average molecular weight is 267 g/mol. The van der Waals surface area contributed by atoms with Gasteiger partial charge in [-0.1, -0.05) is 0 Å². The van der Waals surface area contributed by atoms with E-state index in [-0.39, 0.29) is 18.4 Å². The first-order chi connectivity index (χ1) is 8.91. The van der Waals surface area contributed by atoms with Crippen molar-refractivity contribution in [3.8, 4) is 0 Å². The predicted molar refractivity (Wildman–Crippen MR) is 64.4 cm³/mol. The van der Waals surface area contributed by atoms with Gasteiger partial charge in [0.1, 0.15) is 11.6 Å². The molecule has 2 amide bonds. The van der Waals surface area contributed by atoms with E-state index in [1.165, 1.54) is 18.3 Å². The maximum absolute atomic E-state index is 11.7. The minimum Gasteiger partial charge on any atom is -0.480 e. The van der Waals surface area contributed by atoms with Crippen molar-refractivity contribution in [1.82, 2.24) is 10.3 Å². The van der Waals surface area contributed by atoms with Gasteiger partial charge in [-0.05, 0) is 18.6 Å². The van der Waals surface area contributed by atoms with Gasteiger partial charge in [0.2, 0.25) is 5.91 Å². The maximum Gasteiger partial charge on any atom is 0.326 e. The highest BCUT2D eigenvalue weighted by molar-refractivity contribution is 5.96. The molecule has 0 aliphatic carbocycles. The van der Waals surface area contributed by atoms with Gasteiger partial charge in [-0.3, -0.25) is 14.4 Å². The minimum absolute atomic E-state index is 0.138. The molecule has 1 aromatic heterocycles. The van der Waals surface area contributed by atoms with Gasteiger partial charge in [0, 0.05) is 12.6 Å². The van der Waals surface area contributed by atoms with Crippen LogP contribution in [0.4, 0.5) is 0 Å². The molecule has 1 rings (SSSR count). The van der Waals surface area contributed by atoms with Crippen LogP contribution in [0.1, 0.15) is 23.2 Å². The third-order valence-corrected chi connectivity index (χ3v) is 2.35. The van der Waals surface area contributed by atoms with Gasteiger partial charge in [-0.2, -0.15) is 0 Å². The summed E-state index contributed by atoms with van der Waals surface area (Å²) in [6, 6.07) is 1.43. The fourth-order valence-electron chi connectivity index (χ4n) is 1.38. The lowest BCUT2D eigenvalue weighted by atomic mass is 10.1. The van der Waals surface area contributed by atoms with Gasteiger partial charge in [-0.25, -0.2) is 4.79 Å². The molecule has 0 saturated heterocycles. The zero-order chi connectivity index (χ0) is 14.4. The van der Waals surface area contributed by atoms with Gasteiger partial charge in [0.15, 0.2) is 0 Å². The molecule has 0 spiro atoms. The summed E-state index contributed by atoms with van der Waals surface area (Å²) in [6.45, 7) is 0. The summed E-state index contributed by atoms with van der Waals surface area (Å²) in [7, 11) is 0. The van der Waals surface area contributed by atoms with E-state index in [1.807, 2.05) is 0 Å². The lowest BCUT2D eigenvalue weighted by molar-refractivity contribution is -0.139. The number of nitrogens with one attached hydrogen (secondary N) is 2. The second-order valence-corrected chi connectivity index (χ2v) is 3.78. The van der Waals surface area contributed by atoms with Crippen LogP contribution in [0.25, 0.3) is 0 Å². The maximum atomic E-state index is 11.7. The minimum atomic E-state index is -1.30. The van der Waals surface area contributed by atoms with Crippen molar-refractivity contribution < 1.29 is 19.5 Å². The number of pyridine rings is 1. The van der Waals surface area contributed by atoms with Crippen molar-refractivity contribution in [2.45, 2.75) is 18.9 Å². The lowest BCUT2D eigenvalue weighted by Crippen LogP contribution is -2.43. The third-order valence-electron chi connectivity index (χ3n) is 2.35. The van der Waals surface area contributed by atoms with E-state index in [2.05, 4.69) is 10.3 Å². The number of carboxylic acid groups (broad SMARTS) is 1. The molecule has 0 bridgehead atoms. The summed E-state index contributed by atoms with van der Waals surface area (Å²) in [5, 5.41) is 11.1. The van der Waals surface area contributed by atoms with Crippen molar-refractivity contribution >= 4 is 17.8 Å². The molecule has 0 unspecified atom stereocenters. The quantitative estimate of drug-likeness (QED) is 0.513. The number of rotatable bonds is 6. The van der Waals surface area contributed by atoms with Crippen LogP contribution in [-0.4, -0.2) is 33.9 Å². The number of H-pyrrole nitrogens is 1. The van der Waals surface area contributed by atoms with E-state index in [4.69, 9.17) is 10.8 Å². The molecule has 8 nitrogen and oxygen atoms in total. The van der Waals surface area contributed by atoms with Crippen LogP contribution in [0.15, 0.2) is 23.1 Å². The van der Waals surface area contributed by atoms with Crippen molar-refractivity contribution in [2.24, 2.45) is 5.73 Å². The zero-order valence-corrected chi connectivity index (χ0v) is 9.88. The Morgan fingerprint density at radius 2 is 2.11 bits per heavy atom. The van der Waals surface area contributed by atoms with Crippen LogP contribution in [-0.2, 0) is 9.59 Å². The van der Waals surface area contributed by atoms with Crippen LogP contribution in [0.2, 0.25) is 0 Å². The normalized spacial score (nSPS) is 11.6. The number of aromatic amines is 1. The SMILES string of the molecule is NC(=O)CC[C@H](NC(=O)c1ccc[nH]c1=O)C(=O)O. The average Bonchev–Trinajstić information content (AvgIpc) is 2.34. The monoisotopic (exact) mass is 267 g/mol. The molecule has 102 valence electrons. The molecule has 0 aromatic carbocycles. The molecular weight excluding hydrogens is 254 g/mol. The van der Waals surface area contributed by atoms with Gasteiger partial charge in [0.25, 0.3) is 11.5 Å². The van der Waals surface area contributed by atoms with Crippen LogP contribution < -0.4 is 16.6 Å². The molecule has 0 aliphatic heterocycles. The summed E-state index contributed by atoms with van der Waals surface area (Å²) in [6.07, 6.45) is 1.03. The smallest absolute Gasteiger partial charge is 0.326 e. The summed E-state index contributed by atoms with van der Waals surface area (Å²) >= 11 is 0. The molecule has 5 N–H and O–H groups in total. The highest BCUT2D eigenvalue weighted by atomic mass is 16.4. The third kappa shape index (κ3) is 4.26. The number of aromatic nitrogens is 1. The lowest BCUT2D eigenvalue weighted by Gasteiger charge is -2.13. The standard InChI is InChI=1S/C11H13N3O5/c12-8(15)4-3-7(11(18)19)14-10(17)6-2-1-5-13-9(6)16/h1-2,5,7H,3-4H2,(H2,12,15)(H,13,16)(H,14,17)(H,18,19)/t7-/m0/s1. The number of hydrogen-bond acceptors (Lipinski definition) is 4. The number of hydrogen-bond donors (Lipinski definition) is 4. The Kier molecular flexibility index (Phi) is 4.81. The predicted octanol–water partition coefficient (Wildman–Crippen LogP) is -1.18. The number of nitrogens with two attached hydrogens (primary N) is 1. The number of primary amides is 1. The number of carbonyl (C=O) groups excluding carboxylic acids is 2. The van der Waals surface area contributed by atoms with Gasteiger partial charge >= 0.3 is 5.97 Å². The summed E-state index contributed by atoms with van der Waals surface area (Å²) in [4.78, 5) is 46.9.